The zero-order valence-electron chi connectivity index (χ0n) is 23.0. The van der Waals surface area contributed by atoms with Gasteiger partial charge in [-0.05, 0) is 54.6 Å². The third kappa shape index (κ3) is 6.00. The normalized spacial score (nSPS) is 38.1. The first-order chi connectivity index (χ1) is 17.2. The Hall–Kier alpha value is -1.02. The molecule has 3 fully saturated rings. The van der Waals surface area contributed by atoms with Crippen LogP contribution in [-0.2, 0) is 24.4 Å². The van der Waals surface area contributed by atoms with E-state index in [-0.39, 0.29) is 53.9 Å². The monoisotopic (exact) mass is 504 g/mol. The summed E-state index contributed by atoms with van der Waals surface area (Å²) in [5.74, 6) is 0.827. The molecule has 1 aliphatic carbocycles. The van der Waals surface area contributed by atoms with E-state index in [1.54, 1.807) is 0 Å². The molecule has 6 heteroatoms. The van der Waals surface area contributed by atoms with Gasteiger partial charge in [0.05, 0.1) is 39.6 Å². The van der Waals surface area contributed by atoms with Gasteiger partial charge in [0.15, 0.2) is 12.6 Å². The van der Waals surface area contributed by atoms with Gasteiger partial charge in [0, 0.05) is 22.7 Å². The Labute approximate surface area is 217 Å². The zero-order chi connectivity index (χ0) is 26.0. The van der Waals surface area contributed by atoms with E-state index in [0.717, 1.165) is 32.1 Å². The summed E-state index contributed by atoms with van der Waals surface area (Å²) < 4.78 is 25.1. The van der Waals surface area contributed by atoms with Crippen molar-refractivity contribution in [2.45, 2.75) is 90.6 Å². The maximum atomic E-state index is 9.89. The Bertz CT molecular complexity index is 763. The molecule has 1 aromatic carbocycles. The summed E-state index contributed by atoms with van der Waals surface area (Å²) in [6, 6.07) is 9.11. The van der Waals surface area contributed by atoms with Crippen molar-refractivity contribution in [1.29, 1.82) is 0 Å². The van der Waals surface area contributed by atoms with Gasteiger partial charge < -0.3 is 29.2 Å². The predicted molar refractivity (Wildman–Crippen MR) is 140 cm³/mol. The van der Waals surface area contributed by atoms with E-state index in [0.29, 0.717) is 32.3 Å². The molecule has 2 unspecified atom stereocenters. The quantitative estimate of drug-likeness (QED) is 0.544. The lowest BCUT2D eigenvalue weighted by Crippen LogP contribution is -2.50. The molecule has 6 nitrogen and oxygen atoms in total. The lowest BCUT2D eigenvalue weighted by atomic mass is 9.71. The van der Waals surface area contributed by atoms with Gasteiger partial charge in [0.25, 0.3) is 0 Å². The molecule has 2 saturated heterocycles. The molecule has 0 spiro atoms. The highest BCUT2D eigenvalue weighted by atomic mass is 16.7. The minimum atomic E-state index is -0.296. The lowest BCUT2D eigenvalue weighted by Gasteiger charge is -2.47. The van der Waals surface area contributed by atoms with Gasteiger partial charge in [-0.3, -0.25) is 0 Å². The van der Waals surface area contributed by atoms with Gasteiger partial charge >= 0.3 is 0 Å². The van der Waals surface area contributed by atoms with Crippen molar-refractivity contribution < 1.29 is 29.2 Å². The molecular weight excluding hydrogens is 456 g/mol. The first-order valence-corrected chi connectivity index (χ1v) is 13.9. The topological polar surface area (TPSA) is 77.4 Å². The van der Waals surface area contributed by atoms with Crippen molar-refractivity contribution in [2.75, 3.05) is 39.6 Å². The van der Waals surface area contributed by atoms with Crippen LogP contribution in [0.2, 0.25) is 0 Å². The van der Waals surface area contributed by atoms with Crippen LogP contribution < -0.4 is 0 Å². The minimum Gasteiger partial charge on any atom is -0.396 e. The average molecular weight is 505 g/mol. The van der Waals surface area contributed by atoms with Crippen molar-refractivity contribution in [3.8, 4) is 0 Å². The lowest BCUT2D eigenvalue weighted by molar-refractivity contribution is -0.281. The minimum absolute atomic E-state index is 0.0834. The highest BCUT2D eigenvalue weighted by Gasteiger charge is 2.45. The molecule has 0 aromatic heterocycles. The molecule has 0 amide bonds. The largest absolute Gasteiger partial charge is 0.396 e. The van der Waals surface area contributed by atoms with E-state index in [1.165, 1.54) is 11.1 Å². The van der Waals surface area contributed by atoms with Gasteiger partial charge in [-0.1, -0.05) is 58.9 Å². The predicted octanol–water partition coefficient (Wildman–Crippen LogP) is 5.01. The van der Waals surface area contributed by atoms with E-state index in [4.69, 9.17) is 18.9 Å². The van der Waals surface area contributed by atoms with Crippen LogP contribution in [0.25, 0.3) is 0 Å². The Morgan fingerprint density at radius 1 is 0.722 bits per heavy atom. The molecule has 3 aliphatic rings. The van der Waals surface area contributed by atoms with Crippen molar-refractivity contribution in [1.82, 2.24) is 0 Å². The molecule has 2 atom stereocenters. The van der Waals surface area contributed by atoms with Crippen LogP contribution in [0.1, 0.15) is 83.8 Å². The number of aliphatic hydroxyl groups is 2. The Kier molecular flexibility index (Phi) is 8.85. The van der Waals surface area contributed by atoms with Crippen LogP contribution in [-0.4, -0.2) is 62.4 Å². The number of benzene rings is 1. The highest BCUT2D eigenvalue weighted by Crippen LogP contribution is 2.46. The van der Waals surface area contributed by atoms with E-state index in [1.807, 2.05) is 0 Å². The number of ether oxygens (including phenoxy) is 4. The van der Waals surface area contributed by atoms with Crippen molar-refractivity contribution in [3.05, 3.63) is 35.4 Å². The summed E-state index contributed by atoms with van der Waals surface area (Å²) in [7, 11) is 0. The molecule has 4 rings (SSSR count). The van der Waals surface area contributed by atoms with E-state index in [2.05, 4.69) is 58.9 Å². The van der Waals surface area contributed by atoms with Crippen LogP contribution in [0, 0.1) is 22.7 Å². The SMILES string of the molecule is CCC1(CO)COC(C2CC(c3ccc(C(C)(C)C)cc3)CC(C3OCC(CC)(CO)CO3)C2)OC1. The summed E-state index contributed by atoms with van der Waals surface area (Å²) in [6.07, 6.45) is 4.03. The molecule has 2 heterocycles. The fraction of sp³-hybridized carbons (Fsp3) is 0.800. The van der Waals surface area contributed by atoms with Gasteiger partial charge in [-0.15, -0.1) is 0 Å². The molecule has 2 aliphatic heterocycles. The van der Waals surface area contributed by atoms with Crippen LogP contribution >= 0.6 is 0 Å². The van der Waals surface area contributed by atoms with Gasteiger partial charge in [0.2, 0.25) is 0 Å². The maximum Gasteiger partial charge on any atom is 0.160 e. The Morgan fingerprint density at radius 3 is 1.47 bits per heavy atom. The molecule has 2 N–H and O–H groups in total. The van der Waals surface area contributed by atoms with E-state index in [9.17, 15) is 10.2 Å². The third-order valence-electron chi connectivity index (χ3n) is 9.18. The van der Waals surface area contributed by atoms with Crippen LogP contribution in [0.3, 0.4) is 0 Å². The van der Waals surface area contributed by atoms with Crippen molar-refractivity contribution in [3.63, 3.8) is 0 Å². The van der Waals surface area contributed by atoms with Gasteiger partial charge in [0.1, 0.15) is 0 Å². The maximum absolute atomic E-state index is 9.89. The summed E-state index contributed by atoms with van der Waals surface area (Å²) >= 11 is 0. The molecule has 1 saturated carbocycles. The summed E-state index contributed by atoms with van der Waals surface area (Å²) in [5.41, 5.74) is 2.22. The van der Waals surface area contributed by atoms with Gasteiger partial charge in [-0.2, -0.15) is 0 Å². The van der Waals surface area contributed by atoms with Crippen molar-refractivity contribution in [2.24, 2.45) is 22.7 Å². The smallest absolute Gasteiger partial charge is 0.160 e. The zero-order valence-corrected chi connectivity index (χ0v) is 23.0. The number of hydrogen-bond donors (Lipinski definition) is 2. The molecule has 0 bridgehead atoms. The van der Waals surface area contributed by atoms with Crippen LogP contribution in [0.15, 0.2) is 24.3 Å². The second-order valence-corrected chi connectivity index (χ2v) is 12.8. The van der Waals surface area contributed by atoms with Crippen LogP contribution in [0.5, 0.6) is 0 Å². The third-order valence-corrected chi connectivity index (χ3v) is 9.18. The highest BCUT2D eigenvalue weighted by molar-refractivity contribution is 5.30. The number of hydrogen-bond acceptors (Lipinski definition) is 6. The first kappa shape index (κ1) is 28.0. The first-order valence-electron chi connectivity index (χ1n) is 13.9. The Balaban J connectivity index is 1.51. The molecular formula is C30H48O6. The number of rotatable bonds is 7. The fourth-order valence-corrected chi connectivity index (χ4v) is 5.95. The number of aliphatic hydroxyl groups excluding tert-OH is 2. The second-order valence-electron chi connectivity index (χ2n) is 12.8. The molecule has 36 heavy (non-hydrogen) atoms. The molecule has 204 valence electrons. The summed E-state index contributed by atoms with van der Waals surface area (Å²) in [6.45, 7) is 13.2. The standard InChI is InChI=1S/C30H48O6/c1-6-29(15-31)17-33-26(34-18-29)23-12-22(21-8-10-25(11-9-21)28(3,4)5)13-24(14-23)27-35-19-30(7-2,16-32)20-36-27/h8-11,22-24,26-27,31-32H,6-7,12-20H2,1-5H3. The fourth-order valence-electron chi connectivity index (χ4n) is 5.95. The Morgan fingerprint density at radius 2 is 1.14 bits per heavy atom. The van der Waals surface area contributed by atoms with E-state index >= 15 is 0 Å². The van der Waals surface area contributed by atoms with Crippen LogP contribution in [0.4, 0.5) is 0 Å². The molecule has 1 aromatic rings. The average Bonchev–Trinajstić information content (AvgIpc) is 2.92. The summed E-state index contributed by atoms with van der Waals surface area (Å²) in [4.78, 5) is 0. The van der Waals surface area contributed by atoms with Crippen molar-refractivity contribution >= 4 is 0 Å². The van der Waals surface area contributed by atoms with E-state index < -0.39 is 0 Å². The summed E-state index contributed by atoms with van der Waals surface area (Å²) in [5, 5.41) is 19.8. The molecule has 0 radical (unpaired) electrons. The second kappa shape index (κ2) is 11.4. The van der Waals surface area contributed by atoms with Gasteiger partial charge in [-0.25, -0.2) is 0 Å².